The van der Waals surface area contributed by atoms with Crippen molar-refractivity contribution in [1.82, 2.24) is 9.88 Å². The van der Waals surface area contributed by atoms with E-state index in [-0.39, 0.29) is 0 Å². The predicted molar refractivity (Wildman–Crippen MR) is 84.4 cm³/mol. The molecule has 0 amide bonds. The van der Waals surface area contributed by atoms with Gasteiger partial charge in [-0.25, -0.2) is 4.98 Å². The van der Waals surface area contributed by atoms with Crippen LogP contribution >= 0.6 is 11.3 Å². The first kappa shape index (κ1) is 14.8. The molecule has 0 radical (unpaired) electrons. The fourth-order valence-electron chi connectivity index (χ4n) is 3.43. The molecule has 1 N–H and O–H groups in total. The Morgan fingerprint density at radius 2 is 2.19 bits per heavy atom. The summed E-state index contributed by atoms with van der Waals surface area (Å²) in [6.45, 7) is 5.39. The molecule has 1 saturated heterocycles. The van der Waals surface area contributed by atoms with Crippen molar-refractivity contribution in [3.05, 3.63) is 10.6 Å². The molecular weight excluding hydrogens is 286 g/mol. The number of thiazole rings is 1. The topological polar surface area (TPSA) is 56.7 Å². The van der Waals surface area contributed by atoms with Gasteiger partial charge in [0.25, 0.3) is 0 Å². The van der Waals surface area contributed by atoms with E-state index < -0.39 is 11.9 Å². The molecule has 21 heavy (non-hydrogen) atoms. The first-order valence-electron chi connectivity index (χ1n) is 7.74. The van der Waals surface area contributed by atoms with Crippen LogP contribution in [0, 0.1) is 0 Å². The van der Waals surface area contributed by atoms with E-state index in [9.17, 15) is 9.90 Å². The van der Waals surface area contributed by atoms with Crippen LogP contribution in [0.1, 0.15) is 42.7 Å². The van der Waals surface area contributed by atoms with E-state index in [1.165, 1.54) is 4.88 Å². The lowest BCUT2D eigenvalue weighted by Gasteiger charge is -2.27. The maximum absolute atomic E-state index is 11.4. The van der Waals surface area contributed by atoms with Crippen molar-refractivity contribution in [3.63, 3.8) is 0 Å². The van der Waals surface area contributed by atoms with Crippen LogP contribution in [0.5, 0.6) is 0 Å². The molecule has 0 bridgehead atoms. The number of fused-ring (bicyclic) bond motifs is 1. The number of hydrogen-bond donors (Lipinski definition) is 1. The number of aliphatic carboxylic acids is 1. The predicted octanol–water partition coefficient (Wildman–Crippen LogP) is 2.18. The Balaban J connectivity index is 1.88. The van der Waals surface area contributed by atoms with E-state index >= 15 is 0 Å². The SMILES string of the molecule is CC1CN(C)CCCN1c1nc2c(s1)CCCC2C(=O)O. The molecule has 0 aromatic carbocycles. The molecule has 1 aromatic rings. The number of anilines is 1. The highest BCUT2D eigenvalue weighted by molar-refractivity contribution is 7.15. The van der Waals surface area contributed by atoms with Gasteiger partial charge in [0.1, 0.15) is 5.92 Å². The van der Waals surface area contributed by atoms with Crippen LogP contribution in [0.15, 0.2) is 0 Å². The monoisotopic (exact) mass is 309 g/mol. The van der Waals surface area contributed by atoms with Gasteiger partial charge >= 0.3 is 5.97 Å². The van der Waals surface area contributed by atoms with Crippen LogP contribution in [-0.4, -0.2) is 53.7 Å². The Morgan fingerprint density at radius 1 is 1.38 bits per heavy atom. The van der Waals surface area contributed by atoms with Crippen LogP contribution in [-0.2, 0) is 11.2 Å². The van der Waals surface area contributed by atoms with Gasteiger partial charge in [0.15, 0.2) is 5.13 Å². The van der Waals surface area contributed by atoms with Gasteiger partial charge in [-0.15, -0.1) is 11.3 Å². The van der Waals surface area contributed by atoms with Gasteiger partial charge in [-0.05, 0) is 46.2 Å². The lowest BCUT2D eigenvalue weighted by molar-refractivity contribution is -0.139. The van der Waals surface area contributed by atoms with E-state index in [1.54, 1.807) is 11.3 Å². The number of nitrogens with zero attached hydrogens (tertiary/aromatic N) is 3. The summed E-state index contributed by atoms with van der Waals surface area (Å²) in [7, 11) is 2.16. The standard InChI is InChI=1S/C15H23N3O2S/c1-10-9-17(2)7-4-8-18(10)15-16-13-11(14(19)20)5-3-6-12(13)21-15/h10-11H,3-9H2,1-2H3,(H,19,20). The third-order valence-corrected chi connectivity index (χ3v) is 5.70. The molecule has 2 unspecified atom stereocenters. The first-order valence-corrected chi connectivity index (χ1v) is 8.55. The fourth-order valence-corrected chi connectivity index (χ4v) is 4.72. The quantitative estimate of drug-likeness (QED) is 0.907. The number of aryl methyl sites for hydroxylation is 1. The molecule has 2 aliphatic rings. The van der Waals surface area contributed by atoms with Gasteiger partial charge in [0, 0.05) is 24.0 Å². The van der Waals surface area contributed by atoms with Crippen molar-refractivity contribution >= 4 is 22.4 Å². The maximum atomic E-state index is 11.4. The third-order valence-electron chi connectivity index (χ3n) is 4.53. The van der Waals surface area contributed by atoms with E-state index in [2.05, 4.69) is 23.8 Å². The molecule has 0 saturated carbocycles. The molecule has 5 nitrogen and oxygen atoms in total. The number of hydrogen-bond acceptors (Lipinski definition) is 5. The Hall–Kier alpha value is -1.14. The summed E-state index contributed by atoms with van der Waals surface area (Å²) >= 11 is 1.71. The van der Waals surface area contributed by atoms with Crippen molar-refractivity contribution in [2.75, 3.05) is 31.6 Å². The number of carboxylic acids is 1. The van der Waals surface area contributed by atoms with Gasteiger partial charge in [-0.1, -0.05) is 0 Å². The van der Waals surface area contributed by atoms with Gasteiger partial charge in [0.2, 0.25) is 0 Å². The number of aromatic nitrogens is 1. The summed E-state index contributed by atoms with van der Waals surface area (Å²) in [5.41, 5.74) is 0.832. The lowest BCUT2D eigenvalue weighted by atomic mass is 9.91. The molecule has 116 valence electrons. The molecule has 2 atom stereocenters. The number of carboxylic acid groups (broad SMARTS) is 1. The van der Waals surface area contributed by atoms with E-state index in [0.29, 0.717) is 6.04 Å². The molecule has 0 spiro atoms. The summed E-state index contributed by atoms with van der Waals surface area (Å²) in [5.74, 6) is -1.12. The smallest absolute Gasteiger partial charge is 0.312 e. The molecule has 1 aromatic heterocycles. The molecular formula is C15H23N3O2S. The highest BCUT2D eigenvalue weighted by atomic mass is 32.1. The maximum Gasteiger partial charge on any atom is 0.312 e. The zero-order chi connectivity index (χ0) is 15.0. The molecule has 3 rings (SSSR count). The van der Waals surface area contributed by atoms with Gasteiger partial charge < -0.3 is 14.9 Å². The Kier molecular flexibility index (Phi) is 4.17. The minimum atomic E-state index is -0.726. The lowest BCUT2D eigenvalue weighted by Crippen LogP contribution is -2.37. The zero-order valence-electron chi connectivity index (χ0n) is 12.7. The van der Waals surface area contributed by atoms with Crippen LogP contribution in [0.2, 0.25) is 0 Å². The van der Waals surface area contributed by atoms with Crippen molar-refractivity contribution in [3.8, 4) is 0 Å². The summed E-state index contributed by atoms with van der Waals surface area (Å²) in [6.07, 6.45) is 3.81. The van der Waals surface area contributed by atoms with Crippen LogP contribution < -0.4 is 4.90 Å². The van der Waals surface area contributed by atoms with Crippen LogP contribution in [0.3, 0.4) is 0 Å². The zero-order valence-corrected chi connectivity index (χ0v) is 13.5. The average Bonchev–Trinajstić information content (AvgIpc) is 2.78. The Bertz CT molecular complexity index is 531. The van der Waals surface area contributed by atoms with Gasteiger partial charge in [-0.2, -0.15) is 0 Å². The Labute approximate surface area is 129 Å². The minimum Gasteiger partial charge on any atom is -0.481 e. The molecule has 6 heteroatoms. The first-order chi connectivity index (χ1) is 10.1. The molecule has 1 fully saturated rings. The summed E-state index contributed by atoms with van der Waals surface area (Å²) < 4.78 is 0. The van der Waals surface area contributed by atoms with Crippen molar-refractivity contribution in [2.24, 2.45) is 0 Å². The second kappa shape index (κ2) is 5.93. The van der Waals surface area contributed by atoms with Crippen LogP contribution in [0.4, 0.5) is 5.13 Å². The normalized spacial score (nSPS) is 27.2. The second-order valence-electron chi connectivity index (χ2n) is 6.25. The van der Waals surface area contributed by atoms with Crippen molar-refractivity contribution in [1.29, 1.82) is 0 Å². The molecule has 1 aliphatic carbocycles. The van der Waals surface area contributed by atoms with E-state index in [4.69, 9.17) is 4.98 Å². The minimum absolute atomic E-state index is 0.399. The van der Waals surface area contributed by atoms with Gasteiger partial charge in [0.05, 0.1) is 5.69 Å². The summed E-state index contributed by atoms with van der Waals surface area (Å²) in [5, 5.41) is 10.4. The fraction of sp³-hybridized carbons (Fsp3) is 0.733. The summed E-state index contributed by atoms with van der Waals surface area (Å²) in [4.78, 5) is 22.1. The third kappa shape index (κ3) is 2.92. The number of likely N-dealkylation sites (N-methyl/N-ethyl adjacent to an activating group) is 1. The molecule has 1 aliphatic heterocycles. The number of carbonyl (C=O) groups is 1. The average molecular weight is 309 g/mol. The Morgan fingerprint density at radius 3 is 2.95 bits per heavy atom. The highest BCUT2D eigenvalue weighted by Crippen LogP contribution is 2.38. The van der Waals surface area contributed by atoms with Crippen molar-refractivity contribution < 1.29 is 9.90 Å². The van der Waals surface area contributed by atoms with Crippen LogP contribution in [0.25, 0.3) is 0 Å². The largest absolute Gasteiger partial charge is 0.481 e. The summed E-state index contributed by atoms with van der Waals surface area (Å²) in [6, 6.07) is 0.424. The van der Waals surface area contributed by atoms with E-state index in [0.717, 1.165) is 56.1 Å². The van der Waals surface area contributed by atoms with Crippen molar-refractivity contribution in [2.45, 2.75) is 44.6 Å². The van der Waals surface area contributed by atoms with E-state index in [1.807, 2.05) is 0 Å². The van der Waals surface area contributed by atoms with Gasteiger partial charge in [-0.3, -0.25) is 4.79 Å². The second-order valence-corrected chi connectivity index (χ2v) is 7.31. The highest BCUT2D eigenvalue weighted by Gasteiger charge is 2.32. The number of rotatable bonds is 2. The molecule has 2 heterocycles.